The summed E-state index contributed by atoms with van der Waals surface area (Å²) >= 11 is 4.89. The second-order valence-electron chi connectivity index (χ2n) is 6.38. The van der Waals surface area contributed by atoms with Gasteiger partial charge in [-0.1, -0.05) is 48.0 Å². The molecule has 2 aromatic heterocycles. The number of carbonyl (C=O) groups excluding carboxylic acids is 1. The van der Waals surface area contributed by atoms with Gasteiger partial charge in [0.1, 0.15) is 5.82 Å². The van der Waals surface area contributed by atoms with E-state index in [0.29, 0.717) is 5.82 Å². The minimum Gasteiger partial charge on any atom is -0.306 e. The van der Waals surface area contributed by atoms with Gasteiger partial charge in [-0.3, -0.25) is 4.79 Å². The van der Waals surface area contributed by atoms with Gasteiger partial charge in [0.15, 0.2) is 0 Å². The fourth-order valence-electron chi connectivity index (χ4n) is 2.99. The van der Waals surface area contributed by atoms with Crippen LogP contribution in [0.15, 0.2) is 71.3 Å². The molecule has 0 unspecified atom stereocenters. The van der Waals surface area contributed by atoms with Crippen molar-refractivity contribution in [3.05, 3.63) is 92.9 Å². The molecule has 0 aliphatic heterocycles. The Kier molecular flexibility index (Phi) is 5.05. The second-order valence-corrected chi connectivity index (χ2v) is 8.35. The van der Waals surface area contributed by atoms with E-state index in [-0.39, 0.29) is 5.91 Å². The highest BCUT2D eigenvalue weighted by Gasteiger charge is 2.19. The zero-order valence-electron chi connectivity index (χ0n) is 14.7. The smallest absolute Gasteiger partial charge is 0.267 e. The zero-order valence-corrected chi connectivity index (χ0v) is 17.1. The summed E-state index contributed by atoms with van der Waals surface area (Å²) in [6.45, 7) is 2.08. The number of anilines is 1. The van der Waals surface area contributed by atoms with Gasteiger partial charge in [0.2, 0.25) is 0 Å². The summed E-state index contributed by atoms with van der Waals surface area (Å²) in [5, 5.41) is 4.06. The van der Waals surface area contributed by atoms with Crippen molar-refractivity contribution < 1.29 is 4.79 Å². The molecule has 1 N–H and O–H groups in total. The van der Waals surface area contributed by atoms with Crippen LogP contribution in [0, 0.1) is 6.92 Å². The summed E-state index contributed by atoms with van der Waals surface area (Å²) in [5.41, 5.74) is 3.49. The topological polar surface area (TPSA) is 42.0 Å². The predicted octanol–water partition coefficient (Wildman–Crippen LogP) is 6.21. The first-order valence-corrected chi connectivity index (χ1v) is 10.2. The monoisotopic (exact) mass is 436 g/mol. The molecule has 27 heavy (non-hydrogen) atoms. The van der Waals surface area contributed by atoms with Gasteiger partial charge in [-0.2, -0.15) is 0 Å². The van der Waals surface area contributed by atoms with E-state index in [9.17, 15) is 4.79 Å². The molecule has 5 heteroatoms. The fraction of sp³-hybridized carbons (Fsp3) is 0.0909. The highest BCUT2D eigenvalue weighted by molar-refractivity contribution is 9.10. The lowest BCUT2D eigenvalue weighted by atomic mass is 10.0. The molecule has 4 rings (SSSR count). The first-order chi connectivity index (χ1) is 13.1. The minimum absolute atomic E-state index is 0.117. The molecule has 0 aliphatic carbocycles. The molecule has 0 spiro atoms. The van der Waals surface area contributed by atoms with E-state index in [0.717, 1.165) is 31.4 Å². The van der Waals surface area contributed by atoms with E-state index in [4.69, 9.17) is 0 Å². The van der Waals surface area contributed by atoms with Crippen LogP contribution in [0.4, 0.5) is 5.82 Å². The van der Waals surface area contributed by atoms with Crippen molar-refractivity contribution in [3.8, 4) is 0 Å². The zero-order chi connectivity index (χ0) is 18.8. The third kappa shape index (κ3) is 3.94. The summed E-state index contributed by atoms with van der Waals surface area (Å²) in [6, 6.07) is 20.3. The summed E-state index contributed by atoms with van der Waals surface area (Å²) < 4.78 is 2.00. The number of amides is 1. The summed E-state index contributed by atoms with van der Waals surface area (Å²) in [6.07, 6.45) is 2.40. The Morgan fingerprint density at radius 2 is 1.85 bits per heavy atom. The Bertz CT molecular complexity index is 1100. The van der Waals surface area contributed by atoms with Crippen molar-refractivity contribution in [2.24, 2.45) is 0 Å². The lowest BCUT2D eigenvalue weighted by Gasteiger charge is -2.07. The summed E-state index contributed by atoms with van der Waals surface area (Å²) in [4.78, 5) is 18.0. The van der Waals surface area contributed by atoms with Gasteiger partial charge in [-0.25, -0.2) is 4.98 Å². The number of nitrogens with zero attached hydrogens (tertiary/aromatic N) is 1. The number of nitrogens with one attached hydrogen (secondary N) is 1. The van der Waals surface area contributed by atoms with E-state index in [1.165, 1.54) is 22.5 Å². The maximum Gasteiger partial charge on any atom is 0.267 e. The first-order valence-electron chi connectivity index (χ1n) is 8.59. The molecule has 3 nitrogen and oxygen atoms in total. The lowest BCUT2D eigenvalue weighted by Crippen LogP contribution is -2.13. The van der Waals surface area contributed by atoms with Gasteiger partial charge in [0, 0.05) is 15.4 Å². The Balaban J connectivity index is 1.71. The standard InChI is InChI=1S/C22H17BrN2OS/c1-14-6-8-15(9-7-14)12-18-17-4-2-3-5-19(17)27-21(18)22(26)25-20-11-10-16(23)13-24-20/h2-11,13H,12H2,1H3,(H,24,25,26). The molecule has 1 amide bonds. The van der Waals surface area contributed by atoms with Crippen LogP contribution < -0.4 is 5.32 Å². The van der Waals surface area contributed by atoms with E-state index in [1.54, 1.807) is 12.3 Å². The molecule has 2 heterocycles. The second kappa shape index (κ2) is 7.62. The van der Waals surface area contributed by atoms with Crippen LogP contribution in [0.1, 0.15) is 26.4 Å². The van der Waals surface area contributed by atoms with Crippen LogP contribution in [-0.4, -0.2) is 10.9 Å². The van der Waals surface area contributed by atoms with E-state index >= 15 is 0 Å². The molecule has 0 bridgehead atoms. The summed E-state index contributed by atoms with van der Waals surface area (Å²) in [7, 11) is 0. The average molecular weight is 437 g/mol. The molecule has 4 aromatic rings. The van der Waals surface area contributed by atoms with Crippen molar-refractivity contribution >= 4 is 49.1 Å². The highest BCUT2D eigenvalue weighted by Crippen LogP contribution is 2.33. The molecule has 0 aliphatic rings. The molecule has 2 aromatic carbocycles. The predicted molar refractivity (Wildman–Crippen MR) is 116 cm³/mol. The number of hydrogen-bond donors (Lipinski definition) is 1. The molecule has 0 atom stereocenters. The van der Waals surface area contributed by atoms with Crippen LogP contribution in [0.25, 0.3) is 10.1 Å². The van der Waals surface area contributed by atoms with Gasteiger partial charge >= 0.3 is 0 Å². The number of benzene rings is 2. The minimum atomic E-state index is -0.117. The fourth-order valence-corrected chi connectivity index (χ4v) is 4.34. The maximum atomic E-state index is 13.0. The Labute approximate surface area is 170 Å². The van der Waals surface area contributed by atoms with Gasteiger partial charge in [0.05, 0.1) is 4.88 Å². The van der Waals surface area contributed by atoms with E-state index < -0.39 is 0 Å². The average Bonchev–Trinajstić information content (AvgIpc) is 3.04. The van der Waals surface area contributed by atoms with E-state index in [1.807, 2.05) is 18.2 Å². The number of thiophene rings is 1. The maximum absolute atomic E-state index is 13.0. The molecular formula is C22H17BrN2OS. The van der Waals surface area contributed by atoms with Gasteiger partial charge in [0.25, 0.3) is 5.91 Å². The van der Waals surface area contributed by atoms with Crippen molar-refractivity contribution in [1.82, 2.24) is 4.98 Å². The molecule has 134 valence electrons. The van der Waals surface area contributed by atoms with Crippen molar-refractivity contribution in [3.63, 3.8) is 0 Å². The largest absolute Gasteiger partial charge is 0.306 e. The van der Waals surface area contributed by atoms with Gasteiger partial charge in [-0.05, 0) is 64.0 Å². The van der Waals surface area contributed by atoms with Gasteiger partial charge < -0.3 is 5.32 Å². The molecule has 0 fully saturated rings. The van der Waals surface area contributed by atoms with Crippen molar-refractivity contribution in [1.29, 1.82) is 0 Å². The number of halogens is 1. The molecule has 0 saturated carbocycles. The van der Waals surface area contributed by atoms with Crippen LogP contribution >= 0.6 is 27.3 Å². The van der Waals surface area contributed by atoms with Crippen LogP contribution in [-0.2, 0) is 6.42 Å². The number of aryl methyl sites for hydroxylation is 1. The van der Waals surface area contributed by atoms with Crippen molar-refractivity contribution in [2.45, 2.75) is 13.3 Å². The Morgan fingerprint density at radius 1 is 1.07 bits per heavy atom. The van der Waals surface area contributed by atoms with Crippen LogP contribution in [0.5, 0.6) is 0 Å². The van der Waals surface area contributed by atoms with E-state index in [2.05, 4.69) is 69.6 Å². The third-order valence-electron chi connectivity index (χ3n) is 4.38. The quantitative estimate of drug-likeness (QED) is 0.413. The SMILES string of the molecule is Cc1ccc(Cc2c(C(=O)Nc3ccc(Br)cn3)sc3ccccc23)cc1. The number of rotatable bonds is 4. The normalized spacial score (nSPS) is 10.9. The Hall–Kier alpha value is -2.50. The number of hydrogen-bond acceptors (Lipinski definition) is 3. The molecule has 0 saturated heterocycles. The third-order valence-corrected chi connectivity index (χ3v) is 6.06. The number of fused-ring (bicyclic) bond motifs is 1. The van der Waals surface area contributed by atoms with Gasteiger partial charge in [-0.15, -0.1) is 11.3 Å². The lowest BCUT2D eigenvalue weighted by molar-refractivity contribution is 0.102. The molecule has 0 radical (unpaired) electrons. The summed E-state index contributed by atoms with van der Waals surface area (Å²) in [5.74, 6) is 0.426. The highest BCUT2D eigenvalue weighted by atomic mass is 79.9. The number of pyridine rings is 1. The number of carbonyl (C=O) groups is 1. The Morgan fingerprint density at radius 3 is 2.59 bits per heavy atom. The van der Waals surface area contributed by atoms with Crippen LogP contribution in [0.3, 0.4) is 0 Å². The van der Waals surface area contributed by atoms with Crippen LogP contribution in [0.2, 0.25) is 0 Å². The number of aromatic nitrogens is 1. The first kappa shape index (κ1) is 17.9. The molecular weight excluding hydrogens is 420 g/mol. The van der Waals surface area contributed by atoms with Crippen molar-refractivity contribution in [2.75, 3.05) is 5.32 Å².